The fourth-order valence-electron chi connectivity index (χ4n) is 3.14. The van der Waals surface area contributed by atoms with Gasteiger partial charge in [0.25, 0.3) is 5.56 Å². The SMILES string of the molecule is O=c1cc(CN2CCCn3nc([C@@H](O)CO)cc3C2)nc2sccn12. The fraction of sp³-hybridized carbons (Fsp3) is 0.438. The number of aryl methyl sites for hydroxylation is 1. The molecule has 25 heavy (non-hydrogen) atoms. The zero-order valence-electron chi connectivity index (χ0n) is 13.6. The van der Waals surface area contributed by atoms with Crippen molar-refractivity contribution in [1.29, 1.82) is 0 Å². The summed E-state index contributed by atoms with van der Waals surface area (Å²) < 4.78 is 3.44. The third-order valence-electron chi connectivity index (χ3n) is 4.37. The quantitative estimate of drug-likeness (QED) is 0.698. The van der Waals surface area contributed by atoms with Crippen LogP contribution in [0.15, 0.2) is 28.5 Å². The minimum Gasteiger partial charge on any atom is -0.393 e. The molecule has 3 aromatic heterocycles. The summed E-state index contributed by atoms with van der Waals surface area (Å²) >= 11 is 1.45. The van der Waals surface area contributed by atoms with Crippen molar-refractivity contribution in [2.45, 2.75) is 32.2 Å². The Kier molecular flexibility index (Phi) is 4.38. The van der Waals surface area contributed by atoms with E-state index in [9.17, 15) is 9.90 Å². The van der Waals surface area contributed by atoms with Gasteiger partial charge in [-0.15, -0.1) is 11.3 Å². The predicted molar refractivity (Wildman–Crippen MR) is 92.3 cm³/mol. The monoisotopic (exact) mass is 361 g/mol. The van der Waals surface area contributed by atoms with Crippen molar-refractivity contribution in [3.05, 3.63) is 51.1 Å². The lowest BCUT2D eigenvalue weighted by Crippen LogP contribution is -2.25. The average Bonchev–Trinajstić information content (AvgIpc) is 3.18. The molecule has 0 bridgehead atoms. The largest absolute Gasteiger partial charge is 0.393 e. The molecule has 0 fully saturated rings. The van der Waals surface area contributed by atoms with Crippen LogP contribution in [0.3, 0.4) is 0 Å². The number of nitrogens with zero attached hydrogens (tertiary/aromatic N) is 5. The van der Waals surface area contributed by atoms with Gasteiger partial charge in [0, 0.05) is 43.8 Å². The van der Waals surface area contributed by atoms with Gasteiger partial charge in [-0.25, -0.2) is 4.98 Å². The maximum atomic E-state index is 12.1. The van der Waals surface area contributed by atoms with Gasteiger partial charge in [-0.3, -0.25) is 18.8 Å². The molecular weight excluding hydrogens is 342 g/mol. The van der Waals surface area contributed by atoms with E-state index in [0.29, 0.717) is 23.7 Å². The average molecular weight is 361 g/mol. The number of hydrogen-bond donors (Lipinski definition) is 2. The van der Waals surface area contributed by atoms with Gasteiger partial charge < -0.3 is 10.2 Å². The van der Waals surface area contributed by atoms with Crippen LogP contribution in [0.4, 0.5) is 0 Å². The second-order valence-electron chi connectivity index (χ2n) is 6.19. The van der Waals surface area contributed by atoms with Gasteiger partial charge >= 0.3 is 0 Å². The molecule has 1 aliphatic heterocycles. The van der Waals surface area contributed by atoms with Crippen molar-refractivity contribution in [3.8, 4) is 0 Å². The number of rotatable bonds is 4. The normalized spacial score (nSPS) is 16.7. The first kappa shape index (κ1) is 16.4. The van der Waals surface area contributed by atoms with E-state index in [4.69, 9.17) is 5.11 Å². The Hall–Kier alpha value is -2.07. The molecule has 0 spiro atoms. The summed E-state index contributed by atoms with van der Waals surface area (Å²) in [5.74, 6) is 0. The summed E-state index contributed by atoms with van der Waals surface area (Å²) in [5.41, 5.74) is 2.19. The van der Waals surface area contributed by atoms with Crippen LogP contribution >= 0.6 is 11.3 Å². The van der Waals surface area contributed by atoms with Crippen molar-refractivity contribution in [2.24, 2.45) is 0 Å². The Bertz CT molecular complexity index is 947. The summed E-state index contributed by atoms with van der Waals surface area (Å²) in [6.07, 6.45) is 1.71. The van der Waals surface area contributed by atoms with Crippen LogP contribution in [0, 0.1) is 0 Å². The van der Waals surface area contributed by atoms with Gasteiger partial charge in [-0.2, -0.15) is 5.10 Å². The van der Waals surface area contributed by atoms with E-state index in [1.165, 1.54) is 11.3 Å². The molecule has 0 aromatic carbocycles. The molecule has 2 N–H and O–H groups in total. The van der Waals surface area contributed by atoms with Crippen molar-refractivity contribution in [3.63, 3.8) is 0 Å². The number of aromatic nitrogens is 4. The fourth-order valence-corrected chi connectivity index (χ4v) is 3.88. The smallest absolute Gasteiger partial charge is 0.258 e. The zero-order valence-corrected chi connectivity index (χ0v) is 14.4. The van der Waals surface area contributed by atoms with Crippen LogP contribution in [0.2, 0.25) is 0 Å². The second-order valence-corrected chi connectivity index (χ2v) is 7.06. The third kappa shape index (κ3) is 3.23. The highest BCUT2D eigenvalue weighted by Crippen LogP contribution is 2.19. The van der Waals surface area contributed by atoms with E-state index in [1.54, 1.807) is 16.7 Å². The molecule has 4 rings (SSSR count). The number of thiazole rings is 1. The molecule has 132 valence electrons. The van der Waals surface area contributed by atoms with Crippen LogP contribution in [-0.2, 0) is 19.6 Å². The van der Waals surface area contributed by atoms with Gasteiger partial charge in [0.2, 0.25) is 0 Å². The third-order valence-corrected chi connectivity index (χ3v) is 5.12. The Morgan fingerprint density at radius 2 is 2.20 bits per heavy atom. The Morgan fingerprint density at radius 3 is 3.04 bits per heavy atom. The zero-order chi connectivity index (χ0) is 17.4. The lowest BCUT2D eigenvalue weighted by molar-refractivity contribution is 0.0916. The highest BCUT2D eigenvalue weighted by atomic mass is 32.1. The van der Waals surface area contributed by atoms with Crippen LogP contribution in [-0.4, -0.2) is 47.4 Å². The molecule has 4 heterocycles. The minimum atomic E-state index is -0.948. The molecule has 0 amide bonds. The predicted octanol–water partition coefficient (Wildman–Crippen LogP) is 0.384. The summed E-state index contributed by atoms with van der Waals surface area (Å²) in [7, 11) is 0. The molecule has 3 aromatic rings. The topological polar surface area (TPSA) is 95.9 Å². The molecule has 0 unspecified atom stereocenters. The maximum absolute atomic E-state index is 12.1. The van der Waals surface area contributed by atoms with Gasteiger partial charge in [0.05, 0.1) is 23.7 Å². The van der Waals surface area contributed by atoms with Crippen molar-refractivity contribution >= 4 is 16.3 Å². The van der Waals surface area contributed by atoms with Gasteiger partial charge in [-0.05, 0) is 12.5 Å². The van der Waals surface area contributed by atoms with Gasteiger partial charge in [0.15, 0.2) is 4.96 Å². The molecule has 0 radical (unpaired) electrons. The summed E-state index contributed by atoms with van der Waals surface area (Å²) in [4.78, 5) is 19.6. The van der Waals surface area contributed by atoms with Crippen molar-refractivity contribution in [2.75, 3.05) is 13.2 Å². The van der Waals surface area contributed by atoms with Crippen molar-refractivity contribution in [1.82, 2.24) is 24.1 Å². The van der Waals surface area contributed by atoms with E-state index in [0.717, 1.165) is 30.9 Å². The Labute approximate surface area is 147 Å². The van der Waals surface area contributed by atoms with E-state index in [-0.39, 0.29) is 12.2 Å². The van der Waals surface area contributed by atoms with Gasteiger partial charge in [0.1, 0.15) is 6.10 Å². The molecule has 0 saturated heterocycles. The molecule has 0 aliphatic carbocycles. The van der Waals surface area contributed by atoms with Crippen molar-refractivity contribution < 1.29 is 10.2 Å². The second kappa shape index (κ2) is 6.68. The standard InChI is InChI=1S/C16H19N5O3S/c22-10-14(23)13-7-12-9-19(2-1-3-21(12)18-13)8-11-6-15(24)20-4-5-25-16(20)17-11/h4-7,14,22-23H,1-3,8-10H2/t14-/m0/s1. The van der Waals surface area contributed by atoms with Crippen LogP contribution in [0.5, 0.6) is 0 Å². The maximum Gasteiger partial charge on any atom is 0.258 e. The number of fused-ring (bicyclic) bond motifs is 2. The molecule has 1 atom stereocenters. The lowest BCUT2D eigenvalue weighted by Gasteiger charge is -2.18. The van der Waals surface area contributed by atoms with Gasteiger partial charge in [-0.1, -0.05) is 0 Å². The Morgan fingerprint density at radius 1 is 1.32 bits per heavy atom. The molecular formula is C16H19N5O3S. The van der Waals surface area contributed by atoms with Crippen LogP contribution in [0.25, 0.3) is 4.96 Å². The Balaban J connectivity index is 1.56. The highest BCUT2D eigenvalue weighted by Gasteiger charge is 2.20. The number of aliphatic hydroxyl groups excluding tert-OH is 2. The molecule has 9 heteroatoms. The lowest BCUT2D eigenvalue weighted by atomic mass is 10.2. The van der Waals surface area contributed by atoms with E-state index in [2.05, 4.69) is 15.0 Å². The molecule has 0 saturated carbocycles. The van der Waals surface area contributed by atoms with E-state index < -0.39 is 6.10 Å². The molecule has 8 nitrogen and oxygen atoms in total. The van der Waals surface area contributed by atoms with E-state index >= 15 is 0 Å². The highest BCUT2D eigenvalue weighted by molar-refractivity contribution is 7.15. The van der Waals surface area contributed by atoms with Crippen LogP contribution < -0.4 is 5.56 Å². The summed E-state index contributed by atoms with van der Waals surface area (Å²) in [5, 5.41) is 25.1. The minimum absolute atomic E-state index is 0.0607. The first-order chi connectivity index (χ1) is 12.1. The van der Waals surface area contributed by atoms with E-state index in [1.807, 2.05) is 16.1 Å². The summed E-state index contributed by atoms with van der Waals surface area (Å²) in [6, 6.07) is 3.42. The first-order valence-electron chi connectivity index (χ1n) is 8.18. The van der Waals surface area contributed by atoms with Crippen LogP contribution in [0.1, 0.15) is 29.6 Å². The number of hydrogen-bond acceptors (Lipinski definition) is 7. The number of aliphatic hydroxyl groups is 2. The first-order valence-corrected chi connectivity index (χ1v) is 9.05. The summed E-state index contributed by atoms with van der Waals surface area (Å²) in [6.45, 7) is 2.56. The molecule has 1 aliphatic rings.